The van der Waals surface area contributed by atoms with Gasteiger partial charge in [-0.1, -0.05) is 36.7 Å². The fourth-order valence-electron chi connectivity index (χ4n) is 2.05. The molecule has 0 saturated heterocycles. The van der Waals surface area contributed by atoms with E-state index in [0.717, 1.165) is 15.9 Å². The van der Waals surface area contributed by atoms with Crippen LogP contribution >= 0.6 is 15.9 Å². The van der Waals surface area contributed by atoms with E-state index in [1.807, 2.05) is 45.0 Å². The first-order chi connectivity index (χ1) is 11.8. The lowest BCUT2D eigenvalue weighted by molar-refractivity contribution is -0.114. The maximum Gasteiger partial charge on any atom is 0.243 e. The number of rotatable bonds is 6. The van der Waals surface area contributed by atoms with Gasteiger partial charge in [0.15, 0.2) is 0 Å². The molecule has 0 fully saturated rings. The number of nitrogens with one attached hydrogen (secondary N) is 2. The van der Waals surface area contributed by atoms with Gasteiger partial charge in [-0.3, -0.25) is 4.79 Å². The van der Waals surface area contributed by atoms with E-state index in [9.17, 15) is 4.79 Å². The molecule has 6 nitrogen and oxygen atoms in total. The van der Waals surface area contributed by atoms with Gasteiger partial charge in [0.05, 0.1) is 18.8 Å². The molecule has 2 rings (SSSR count). The van der Waals surface area contributed by atoms with Gasteiger partial charge >= 0.3 is 0 Å². The Morgan fingerprint density at radius 2 is 1.88 bits per heavy atom. The summed E-state index contributed by atoms with van der Waals surface area (Å²) >= 11 is 3.37. The number of carbonyl (C=O) groups excluding carboxylic acids is 1. The standard InChI is InChI=1S/C18H23BrN4O2/c1-18(2,3)17-22-14(11-25-4)9-15(23-17)20-10-16(24)21-13-7-5-12(19)6-8-13/h5-9H,10-11H2,1-4H3,(H,21,24)(H,20,22,23). The van der Waals surface area contributed by atoms with E-state index >= 15 is 0 Å². The lowest BCUT2D eigenvalue weighted by Crippen LogP contribution is -2.24. The molecule has 0 aliphatic heterocycles. The van der Waals surface area contributed by atoms with Gasteiger partial charge in [0.25, 0.3) is 0 Å². The van der Waals surface area contributed by atoms with Crippen molar-refractivity contribution >= 4 is 33.3 Å². The zero-order chi connectivity index (χ0) is 18.4. The first kappa shape index (κ1) is 19.3. The maximum atomic E-state index is 12.1. The zero-order valence-electron chi connectivity index (χ0n) is 14.9. The van der Waals surface area contributed by atoms with Gasteiger partial charge < -0.3 is 15.4 Å². The van der Waals surface area contributed by atoms with E-state index in [0.29, 0.717) is 18.2 Å². The summed E-state index contributed by atoms with van der Waals surface area (Å²) in [6.07, 6.45) is 0. The lowest BCUT2D eigenvalue weighted by atomic mass is 9.95. The number of methoxy groups -OCH3 is 1. The summed E-state index contributed by atoms with van der Waals surface area (Å²) in [6.45, 7) is 6.64. The summed E-state index contributed by atoms with van der Waals surface area (Å²) in [5.74, 6) is 1.17. The molecule has 1 aromatic heterocycles. The molecule has 0 saturated carbocycles. The second kappa shape index (κ2) is 8.40. The molecule has 2 N–H and O–H groups in total. The van der Waals surface area contributed by atoms with Crippen LogP contribution in [-0.2, 0) is 21.6 Å². The number of benzene rings is 1. The molecule has 0 atom stereocenters. The normalized spacial score (nSPS) is 11.2. The van der Waals surface area contributed by atoms with Crippen molar-refractivity contribution < 1.29 is 9.53 Å². The predicted molar refractivity (Wildman–Crippen MR) is 103 cm³/mol. The van der Waals surface area contributed by atoms with Gasteiger partial charge in [-0.2, -0.15) is 0 Å². The molecular formula is C18H23BrN4O2. The Labute approximate surface area is 156 Å². The molecule has 134 valence electrons. The van der Waals surface area contributed by atoms with Crippen molar-refractivity contribution in [3.63, 3.8) is 0 Å². The van der Waals surface area contributed by atoms with Crippen molar-refractivity contribution in [2.75, 3.05) is 24.3 Å². The molecular weight excluding hydrogens is 384 g/mol. The zero-order valence-corrected chi connectivity index (χ0v) is 16.5. The third-order valence-electron chi connectivity index (χ3n) is 3.30. The molecule has 2 aromatic rings. The molecule has 25 heavy (non-hydrogen) atoms. The van der Waals surface area contributed by atoms with E-state index in [2.05, 4.69) is 36.5 Å². The van der Waals surface area contributed by atoms with E-state index in [1.54, 1.807) is 13.2 Å². The summed E-state index contributed by atoms with van der Waals surface area (Å²) in [4.78, 5) is 21.1. The number of nitrogens with zero attached hydrogens (tertiary/aromatic N) is 2. The number of ether oxygens (including phenoxy) is 1. The van der Waals surface area contributed by atoms with Gasteiger partial charge in [0.2, 0.25) is 5.91 Å². The van der Waals surface area contributed by atoms with Crippen LogP contribution in [0.25, 0.3) is 0 Å². The smallest absolute Gasteiger partial charge is 0.243 e. The number of carbonyl (C=O) groups is 1. The SMILES string of the molecule is COCc1cc(NCC(=O)Nc2ccc(Br)cc2)nc(C(C)(C)C)n1. The number of halogens is 1. The van der Waals surface area contributed by atoms with Crippen LogP contribution in [0.2, 0.25) is 0 Å². The van der Waals surface area contributed by atoms with Crippen LogP contribution in [0, 0.1) is 0 Å². The molecule has 0 unspecified atom stereocenters. The Balaban J connectivity index is 2.04. The number of hydrogen-bond donors (Lipinski definition) is 2. The molecule has 0 spiro atoms. The summed E-state index contributed by atoms with van der Waals surface area (Å²) < 4.78 is 6.13. The number of aromatic nitrogens is 2. The molecule has 0 radical (unpaired) electrons. The second-order valence-corrected chi connectivity index (χ2v) is 7.58. The third-order valence-corrected chi connectivity index (χ3v) is 3.83. The fourth-order valence-corrected chi connectivity index (χ4v) is 2.32. The Morgan fingerprint density at radius 1 is 1.20 bits per heavy atom. The first-order valence-electron chi connectivity index (χ1n) is 7.94. The van der Waals surface area contributed by atoms with Crippen LogP contribution in [0.4, 0.5) is 11.5 Å². The van der Waals surface area contributed by atoms with Crippen molar-refractivity contribution in [1.82, 2.24) is 9.97 Å². The van der Waals surface area contributed by atoms with Crippen LogP contribution in [0.3, 0.4) is 0 Å². The summed E-state index contributed by atoms with van der Waals surface area (Å²) in [5.41, 5.74) is 1.33. The van der Waals surface area contributed by atoms with Crippen LogP contribution < -0.4 is 10.6 Å². The summed E-state index contributed by atoms with van der Waals surface area (Å²) in [6, 6.07) is 9.22. The van der Waals surface area contributed by atoms with Gasteiger partial charge in [0.1, 0.15) is 11.6 Å². The second-order valence-electron chi connectivity index (χ2n) is 6.66. The number of amides is 1. The first-order valence-corrected chi connectivity index (χ1v) is 8.74. The largest absolute Gasteiger partial charge is 0.378 e. The summed E-state index contributed by atoms with van der Waals surface area (Å²) in [5, 5.41) is 5.89. The summed E-state index contributed by atoms with van der Waals surface area (Å²) in [7, 11) is 1.62. The van der Waals surface area contributed by atoms with Crippen molar-refractivity contribution in [3.8, 4) is 0 Å². The van der Waals surface area contributed by atoms with Gasteiger partial charge in [-0.15, -0.1) is 0 Å². The molecule has 7 heteroatoms. The molecule has 0 bridgehead atoms. The average molecular weight is 407 g/mol. The van der Waals surface area contributed by atoms with Crippen molar-refractivity contribution in [2.24, 2.45) is 0 Å². The van der Waals surface area contributed by atoms with Crippen LogP contribution in [0.15, 0.2) is 34.8 Å². The minimum atomic E-state index is -0.195. The Morgan fingerprint density at radius 3 is 2.48 bits per heavy atom. The Kier molecular flexibility index (Phi) is 6.50. The third kappa shape index (κ3) is 6.10. The van der Waals surface area contributed by atoms with Crippen LogP contribution in [0.1, 0.15) is 32.3 Å². The van der Waals surface area contributed by atoms with Crippen LogP contribution in [0.5, 0.6) is 0 Å². The van der Waals surface area contributed by atoms with Crippen molar-refractivity contribution in [2.45, 2.75) is 32.8 Å². The molecule has 1 aromatic carbocycles. The number of hydrogen-bond acceptors (Lipinski definition) is 5. The maximum absolute atomic E-state index is 12.1. The van der Waals surface area contributed by atoms with Crippen LogP contribution in [-0.4, -0.2) is 29.5 Å². The minimum absolute atomic E-state index is 0.114. The molecule has 1 amide bonds. The molecule has 1 heterocycles. The highest BCUT2D eigenvalue weighted by atomic mass is 79.9. The van der Waals surface area contributed by atoms with Crippen molar-refractivity contribution in [3.05, 3.63) is 46.3 Å². The topological polar surface area (TPSA) is 76.1 Å². The quantitative estimate of drug-likeness (QED) is 0.763. The monoisotopic (exact) mass is 406 g/mol. The Bertz CT molecular complexity index is 727. The highest BCUT2D eigenvalue weighted by molar-refractivity contribution is 9.10. The van der Waals surface area contributed by atoms with Gasteiger partial charge in [-0.25, -0.2) is 9.97 Å². The van der Waals surface area contributed by atoms with Gasteiger partial charge in [-0.05, 0) is 24.3 Å². The highest BCUT2D eigenvalue weighted by Gasteiger charge is 2.19. The Hall–Kier alpha value is -1.99. The average Bonchev–Trinajstić information content (AvgIpc) is 2.54. The van der Waals surface area contributed by atoms with E-state index in [4.69, 9.17) is 4.74 Å². The highest BCUT2D eigenvalue weighted by Crippen LogP contribution is 2.21. The lowest BCUT2D eigenvalue weighted by Gasteiger charge is -2.19. The van der Waals surface area contributed by atoms with Crippen molar-refractivity contribution in [1.29, 1.82) is 0 Å². The van der Waals surface area contributed by atoms with Gasteiger partial charge in [0, 0.05) is 28.8 Å². The minimum Gasteiger partial charge on any atom is -0.378 e. The fraction of sp³-hybridized carbons (Fsp3) is 0.389. The molecule has 0 aliphatic carbocycles. The van der Waals surface area contributed by atoms with E-state index in [1.165, 1.54) is 0 Å². The predicted octanol–water partition coefficient (Wildman–Crippen LogP) is 3.73. The molecule has 0 aliphatic rings. The number of anilines is 2. The van der Waals surface area contributed by atoms with E-state index in [-0.39, 0.29) is 17.9 Å². The van der Waals surface area contributed by atoms with E-state index < -0.39 is 0 Å².